The molecule has 1 aliphatic rings. The number of nitrogens with one attached hydrogen (secondary N) is 1. The average molecular weight is 362 g/mol. The number of nitrogens with zero attached hydrogens (tertiary/aromatic N) is 1. The molecule has 1 fully saturated rings. The van der Waals surface area contributed by atoms with E-state index in [0.717, 1.165) is 6.42 Å². The van der Waals surface area contributed by atoms with Gasteiger partial charge in [-0.1, -0.05) is 19.9 Å². The highest BCUT2D eigenvalue weighted by atomic mass is 16.5. The van der Waals surface area contributed by atoms with Crippen LogP contribution in [0.15, 0.2) is 24.3 Å². The zero-order valence-corrected chi connectivity index (χ0v) is 15.5. The normalized spacial score (nSPS) is 19.6. The predicted octanol–water partition coefficient (Wildman–Crippen LogP) is 1.47. The van der Waals surface area contributed by atoms with Gasteiger partial charge in [-0.25, -0.2) is 0 Å². The molecule has 1 aromatic rings. The van der Waals surface area contributed by atoms with Crippen molar-refractivity contribution in [1.82, 2.24) is 10.2 Å². The summed E-state index contributed by atoms with van der Waals surface area (Å²) >= 11 is 0. The number of hydrogen-bond donors (Lipinski definition) is 1. The number of carbonyl (C=O) groups excluding carboxylic acids is 3. The Kier molecular flexibility index (Phi) is 7.00. The largest absolute Gasteiger partial charge is 0.497 e. The Morgan fingerprint density at radius 2 is 1.88 bits per heavy atom. The quantitative estimate of drug-likeness (QED) is 0.775. The molecule has 2 rings (SSSR count). The van der Waals surface area contributed by atoms with Crippen LogP contribution in [0.4, 0.5) is 0 Å². The fourth-order valence-corrected chi connectivity index (χ4v) is 3.17. The molecule has 26 heavy (non-hydrogen) atoms. The van der Waals surface area contributed by atoms with Crippen LogP contribution in [0.5, 0.6) is 5.75 Å². The molecule has 0 radical (unpaired) electrons. The monoisotopic (exact) mass is 362 g/mol. The summed E-state index contributed by atoms with van der Waals surface area (Å²) in [5, 5.41) is 2.47. The third-order valence-corrected chi connectivity index (χ3v) is 4.30. The second-order valence-corrected chi connectivity index (χ2v) is 6.82. The van der Waals surface area contributed by atoms with Crippen molar-refractivity contribution in [3.8, 4) is 5.75 Å². The molecule has 1 saturated heterocycles. The number of esters is 1. The van der Waals surface area contributed by atoms with Crippen molar-refractivity contribution in [3.05, 3.63) is 29.8 Å². The van der Waals surface area contributed by atoms with Crippen LogP contribution in [0.3, 0.4) is 0 Å². The fraction of sp³-hybridized carbons (Fsp3) is 0.526. The molecule has 1 aromatic carbocycles. The highest BCUT2D eigenvalue weighted by Crippen LogP contribution is 2.20. The molecule has 0 unspecified atom stereocenters. The van der Waals surface area contributed by atoms with E-state index in [1.54, 1.807) is 29.2 Å². The van der Waals surface area contributed by atoms with Crippen LogP contribution in [0.25, 0.3) is 0 Å². The summed E-state index contributed by atoms with van der Waals surface area (Å²) in [5.74, 6) is 0.186. The van der Waals surface area contributed by atoms with Crippen LogP contribution in [-0.4, -0.2) is 56.0 Å². The van der Waals surface area contributed by atoms with Crippen molar-refractivity contribution in [2.75, 3.05) is 33.4 Å². The number of piperidine rings is 1. The number of methoxy groups -OCH3 is 1. The topological polar surface area (TPSA) is 84.9 Å². The second kappa shape index (κ2) is 9.22. The zero-order valence-electron chi connectivity index (χ0n) is 15.5. The molecule has 0 aromatic heterocycles. The van der Waals surface area contributed by atoms with Gasteiger partial charge in [0, 0.05) is 18.7 Å². The van der Waals surface area contributed by atoms with Crippen LogP contribution in [0.1, 0.15) is 30.6 Å². The summed E-state index contributed by atoms with van der Waals surface area (Å²) < 4.78 is 10.0. The van der Waals surface area contributed by atoms with Gasteiger partial charge in [0.05, 0.1) is 7.11 Å². The molecule has 0 spiro atoms. The van der Waals surface area contributed by atoms with Gasteiger partial charge in [-0.3, -0.25) is 14.4 Å². The van der Waals surface area contributed by atoms with Gasteiger partial charge in [-0.15, -0.1) is 0 Å². The molecule has 1 heterocycles. The summed E-state index contributed by atoms with van der Waals surface area (Å²) in [4.78, 5) is 37.7. The van der Waals surface area contributed by atoms with Gasteiger partial charge in [0.2, 0.25) is 0 Å². The Bertz CT molecular complexity index is 651. The maximum absolute atomic E-state index is 12.2. The highest BCUT2D eigenvalue weighted by Gasteiger charge is 2.25. The smallest absolute Gasteiger partial charge is 0.325 e. The molecule has 1 aliphatic heterocycles. The Hall–Kier alpha value is -2.57. The van der Waals surface area contributed by atoms with E-state index in [4.69, 9.17) is 9.47 Å². The third-order valence-electron chi connectivity index (χ3n) is 4.30. The number of carbonyl (C=O) groups is 3. The maximum Gasteiger partial charge on any atom is 0.325 e. The van der Waals surface area contributed by atoms with Crippen molar-refractivity contribution >= 4 is 17.8 Å². The number of rotatable bonds is 6. The van der Waals surface area contributed by atoms with Crippen LogP contribution >= 0.6 is 0 Å². The van der Waals surface area contributed by atoms with Gasteiger partial charge in [-0.2, -0.15) is 0 Å². The standard InChI is InChI=1S/C19H26N2O5/c1-13-7-14(2)11-21(10-13)17(22)12-26-18(23)9-20-19(24)15-5-4-6-16(8-15)25-3/h4-6,8,13-14H,7,9-12H2,1-3H3,(H,20,24)/t13-,14-/m1/s1. The minimum Gasteiger partial charge on any atom is -0.497 e. The third kappa shape index (κ3) is 5.75. The molecule has 142 valence electrons. The number of ether oxygens (including phenoxy) is 2. The first-order valence-electron chi connectivity index (χ1n) is 8.74. The summed E-state index contributed by atoms with van der Waals surface area (Å²) in [6, 6.07) is 6.60. The fourth-order valence-electron chi connectivity index (χ4n) is 3.17. The minimum atomic E-state index is -0.646. The Morgan fingerprint density at radius 1 is 1.19 bits per heavy atom. The first-order chi connectivity index (χ1) is 12.4. The number of amides is 2. The molecule has 7 nitrogen and oxygen atoms in total. The second-order valence-electron chi connectivity index (χ2n) is 6.82. The number of likely N-dealkylation sites (tertiary alicyclic amines) is 1. The van der Waals surface area contributed by atoms with E-state index in [1.165, 1.54) is 7.11 Å². The van der Waals surface area contributed by atoms with Gasteiger partial charge in [0.1, 0.15) is 12.3 Å². The van der Waals surface area contributed by atoms with E-state index in [2.05, 4.69) is 19.2 Å². The minimum absolute atomic E-state index is 0.198. The summed E-state index contributed by atoms with van der Waals surface area (Å²) in [6.07, 6.45) is 1.10. The molecule has 7 heteroatoms. The first-order valence-corrected chi connectivity index (χ1v) is 8.74. The van der Waals surface area contributed by atoms with E-state index >= 15 is 0 Å². The van der Waals surface area contributed by atoms with Gasteiger partial charge < -0.3 is 19.7 Å². The van der Waals surface area contributed by atoms with Crippen LogP contribution in [0.2, 0.25) is 0 Å². The van der Waals surface area contributed by atoms with Crippen molar-refractivity contribution in [2.24, 2.45) is 11.8 Å². The van der Waals surface area contributed by atoms with E-state index in [9.17, 15) is 14.4 Å². The van der Waals surface area contributed by atoms with Crippen LogP contribution in [0, 0.1) is 11.8 Å². The molecule has 0 bridgehead atoms. The summed E-state index contributed by atoms with van der Waals surface area (Å²) in [6.45, 7) is 5.00. The molecule has 2 atom stereocenters. The van der Waals surface area contributed by atoms with Crippen molar-refractivity contribution in [3.63, 3.8) is 0 Å². The van der Waals surface area contributed by atoms with E-state index in [0.29, 0.717) is 36.2 Å². The zero-order chi connectivity index (χ0) is 19.1. The maximum atomic E-state index is 12.2. The number of hydrogen-bond acceptors (Lipinski definition) is 5. The van der Waals surface area contributed by atoms with Gasteiger partial charge in [-0.05, 0) is 36.5 Å². The van der Waals surface area contributed by atoms with Gasteiger partial charge in [0.25, 0.3) is 11.8 Å². The van der Waals surface area contributed by atoms with Crippen LogP contribution < -0.4 is 10.1 Å². The van der Waals surface area contributed by atoms with Crippen molar-refractivity contribution in [1.29, 1.82) is 0 Å². The molecule has 1 N–H and O–H groups in total. The summed E-state index contributed by atoms with van der Waals surface area (Å²) in [5.41, 5.74) is 0.379. The van der Waals surface area contributed by atoms with E-state index in [1.807, 2.05) is 0 Å². The summed E-state index contributed by atoms with van der Waals surface area (Å²) in [7, 11) is 1.51. The lowest BCUT2D eigenvalue weighted by Crippen LogP contribution is -2.44. The SMILES string of the molecule is COc1cccc(C(=O)NCC(=O)OCC(=O)N2C[C@H](C)C[C@@H](C)C2)c1. The highest BCUT2D eigenvalue weighted by molar-refractivity contribution is 5.96. The molecular formula is C19H26N2O5. The number of benzene rings is 1. The Morgan fingerprint density at radius 3 is 2.54 bits per heavy atom. The van der Waals surface area contributed by atoms with Crippen molar-refractivity contribution < 1.29 is 23.9 Å². The lowest BCUT2D eigenvalue weighted by atomic mass is 9.92. The average Bonchev–Trinajstić information content (AvgIpc) is 2.63. The van der Waals surface area contributed by atoms with E-state index < -0.39 is 11.9 Å². The predicted molar refractivity (Wildman–Crippen MR) is 95.8 cm³/mol. The molecule has 0 saturated carbocycles. The lowest BCUT2D eigenvalue weighted by Gasteiger charge is -2.34. The van der Waals surface area contributed by atoms with Crippen LogP contribution in [-0.2, 0) is 14.3 Å². The first kappa shape index (κ1) is 19.8. The molecule has 0 aliphatic carbocycles. The lowest BCUT2D eigenvalue weighted by molar-refractivity contribution is -0.152. The van der Waals surface area contributed by atoms with Crippen molar-refractivity contribution in [2.45, 2.75) is 20.3 Å². The van der Waals surface area contributed by atoms with Gasteiger partial charge >= 0.3 is 5.97 Å². The molecular weight excluding hydrogens is 336 g/mol. The van der Waals surface area contributed by atoms with E-state index in [-0.39, 0.29) is 19.1 Å². The Balaban J connectivity index is 1.74. The Labute approximate surface area is 153 Å². The van der Waals surface area contributed by atoms with Gasteiger partial charge in [0.15, 0.2) is 6.61 Å². The molecule has 2 amide bonds.